The number of amides is 3. The Morgan fingerprint density at radius 1 is 1.18 bits per heavy atom. The maximum atomic E-state index is 13.0. The zero-order valence-corrected chi connectivity index (χ0v) is 19.3. The van der Waals surface area contributed by atoms with Crippen LogP contribution < -0.4 is 5.73 Å². The summed E-state index contributed by atoms with van der Waals surface area (Å²) in [5.74, 6) is -0.206. The number of ether oxygens (including phenoxy) is 2. The molecule has 1 aliphatic carbocycles. The molecular formula is C20H39N3O4Si. The van der Waals surface area contributed by atoms with Gasteiger partial charge in [-0.15, -0.1) is 0 Å². The van der Waals surface area contributed by atoms with Gasteiger partial charge in [0.15, 0.2) is 0 Å². The molecule has 2 fully saturated rings. The van der Waals surface area contributed by atoms with E-state index in [1.165, 1.54) is 4.90 Å². The molecule has 7 nitrogen and oxygen atoms in total. The van der Waals surface area contributed by atoms with Crippen LogP contribution in [0.15, 0.2) is 0 Å². The Balaban J connectivity index is 2.02. The lowest BCUT2D eigenvalue weighted by atomic mass is 9.73. The first-order valence-electron chi connectivity index (χ1n) is 10.6. The van der Waals surface area contributed by atoms with Crippen LogP contribution in [0.3, 0.4) is 0 Å². The Hall–Kier alpha value is -0.963. The van der Waals surface area contributed by atoms with E-state index < -0.39 is 14.1 Å². The first-order chi connectivity index (χ1) is 13.1. The quantitative estimate of drug-likeness (QED) is 0.338. The Morgan fingerprint density at radius 2 is 1.82 bits per heavy atom. The Morgan fingerprint density at radius 3 is 2.39 bits per heavy atom. The van der Waals surface area contributed by atoms with Gasteiger partial charge in [0.1, 0.15) is 12.8 Å². The molecule has 2 aliphatic rings. The molecule has 0 aromatic heterocycles. The number of hydrogen-bond acceptors (Lipinski definition) is 5. The van der Waals surface area contributed by atoms with E-state index >= 15 is 0 Å². The molecule has 1 heterocycles. The molecule has 1 aliphatic heterocycles. The summed E-state index contributed by atoms with van der Waals surface area (Å²) in [5, 5.41) is 0. The van der Waals surface area contributed by atoms with Crippen LogP contribution in [-0.4, -0.2) is 75.0 Å². The van der Waals surface area contributed by atoms with Gasteiger partial charge in [0.2, 0.25) is 0 Å². The third kappa shape index (κ3) is 6.27. The van der Waals surface area contributed by atoms with Gasteiger partial charge in [-0.2, -0.15) is 0 Å². The van der Waals surface area contributed by atoms with Crippen molar-refractivity contribution in [2.24, 2.45) is 11.1 Å². The minimum absolute atomic E-state index is 0.00895. The van der Waals surface area contributed by atoms with Crippen molar-refractivity contribution in [3.8, 4) is 0 Å². The molecule has 8 heteroatoms. The average Bonchev–Trinajstić information content (AvgIpc) is 2.82. The van der Waals surface area contributed by atoms with Crippen molar-refractivity contribution >= 4 is 20.0 Å². The van der Waals surface area contributed by atoms with Gasteiger partial charge in [-0.3, -0.25) is 4.79 Å². The maximum absolute atomic E-state index is 13.0. The van der Waals surface area contributed by atoms with Crippen molar-refractivity contribution in [3.05, 3.63) is 0 Å². The predicted molar refractivity (Wildman–Crippen MR) is 113 cm³/mol. The number of nitrogens with zero attached hydrogens (tertiary/aromatic N) is 2. The van der Waals surface area contributed by atoms with Crippen LogP contribution >= 0.6 is 0 Å². The topological polar surface area (TPSA) is 85.1 Å². The van der Waals surface area contributed by atoms with E-state index in [-0.39, 0.29) is 36.7 Å². The van der Waals surface area contributed by atoms with Crippen molar-refractivity contribution in [1.29, 1.82) is 0 Å². The van der Waals surface area contributed by atoms with Gasteiger partial charge in [-0.25, -0.2) is 9.69 Å². The van der Waals surface area contributed by atoms with Crippen LogP contribution in [0.2, 0.25) is 25.7 Å². The monoisotopic (exact) mass is 413 g/mol. The third-order valence-electron chi connectivity index (χ3n) is 5.89. The molecule has 2 N–H and O–H groups in total. The van der Waals surface area contributed by atoms with Gasteiger partial charge in [0.05, 0.1) is 6.61 Å². The van der Waals surface area contributed by atoms with E-state index in [1.807, 2.05) is 6.92 Å². The van der Waals surface area contributed by atoms with Crippen molar-refractivity contribution in [2.45, 2.75) is 77.3 Å². The van der Waals surface area contributed by atoms with Gasteiger partial charge in [0.25, 0.3) is 5.91 Å². The minimum atomic E-state index is -1.21. The fourth-order valence-corrected chi connectivity index (χ4v) is 4.58. The summed E-state index contributed by atoms with van der Waals surface area (Å²) in [6.07, 6.45) is 3.87. The smallest absolute Gasteiger partial charge is 0.329 e. The predicted octanol–water partition coefficient (Wildman–Crippen LogP) is 2.88. The molecule has 0 bridgehead atoms. The lowest BCUT2D eigenvalue weighted by Gasteiger charge is -2.39. The van der Waals surface area contributed by atoms with Crippen LogP contribution in [0.4, 0.5) is 4.79 Å². The van der Waals surface area contributed by atoms with Gasteiger partial charge in [-0.05, 0) is 44.1 Å². The van der Waals surface area contributed by atoms with E-state index in [2.05, 4.69) is 26.6 Å². The number of carbonyl (C=O) groups is 2. The molecule has 1 unspecified atom stereocenters. The van der Waals surface area contributed by atoms with Crippen LogP contribution in [0, 0.1) is 5.41 Å². The maximum Gasteiger partial charge on any atom is 0.329 e. The number of rotatable bonds is 10. The highest BCUT2D eigenvalue weighted by atomic mass is 28.3. The molecule has 1 saturated carbocycles. The fraction of sp³-hybridized carbons (Fsp3) is 0.900. The standard InChI is InChI=1S/C20H39N3O4Si/c1-6-26-13-17-18(24)23(15-27-11-12-28(3,4)5)19(25)22(17)14-20(2)9-7-16(21)8-10-20/h16-17H,6-15,21H2,1-5H3. The highest BCUT2D eigenvalue weighted by Gasteiger charge is 2.47. The summed E-state index contributed by atoms with van der Waals surface area (Å²) in [5.41, 5.74) is 6.04. The van der Waals surface area contributed by atoms with E-state index in [1.54, 1.807) is 4.90 Å². The van der Waals surface area contributed by atoms with Crippen LogP contribution in [-0.2, 0) is 14.3 Å². The lowest BCUT2D eigenvalue weighted by molar-refractivity contribution is -0.133. The summed E-state index contributed by atoms with van der Waals surface area (Å²) < 4.78 is 11.2. The summed E-state index contributed by atoms with van der Waals surface area (Å²) in [4.78, 5) is 28.9. The van der Waals surface area contributed by atoms with Crippen LogP contribution in [0.1, 0.15) is 39.5 Å². The summed E-state index contributed by atoms with van der Waals surface area (Å²) >= 11 is 0. The Bertz CT molecular complexity index is 544. The number of hydrogen-bond donors (Lipinski definition) is 1. The molecule has 0 aromatic rings. The first-order valence-corrected chi connectivity index (χ1v) is 14.3. The zero-order chi connectivity index (χ0) is 20.9. The molecule has 1 atom stereocenters. The summed E-state index contributed by atoms with van der Waals surface area (Å²) in [7, 11) is -1.21. The molecular weight excluding hydrogens is 374 g/mol. The largest absolute Gasteiger partial charge is 0.379 e. The molecule has 3 amide bonds. The van der Waals surface area contributed by atoms with E-state index in [4.69, 9.17) is 15.2 Å². The SMILES string of the molecule is CCOCC1C(=O)N(COCC[Si](C)(C)C)C(=O)N1CC1(C)CCC(N)CC1. The number of carbonyl (C=O) groups excluding carboxylic acids is 2. The second kappa shape index (κ2) is 9.69. The van der Waals surface area contributed by atoms with E-state index in [9.17, 15) is 9.59 Å². The molecule has 2 rings (SSSR count). The zero-order valence-electron chi connectivity index (χ0n) is 18.3. The van der Waals surface area contributed by atoms with Crippen LogP contribution in [0.5, 0.6) is 0 Å². The highest BCUT2D eigenvalue weighted by molar-refractivity contribution is 6.76. The lowest BCUT2D eigenvalue weighted by Crippen LogP contribution is -2.46. The average molecular weight is 414 g/mol. The van der Waals surface area contributed by atoms with Gasteiger partial charge in [-0.1, -0.05) is 26.6 Å². The van der Waals surface area contributed by atoms with Crippen molar-refractivity contribution < 1.29 is 19.1 Å². The van der Waals surface area contributed by atoms with E-state index in [0.717, 1.165) is 31.7 Å². The van der Waals surface area contributed by atoms with Crippen LogP contribution in [0.25, 0.3) is 0 Å². The normalized spacial score (nSPS) is 29.1. The summed E-state index contributed by atoms with van der Waals surface area (Å²) in [6.45, 7) is 12.9. The Kier molecular flexibility index (Phi) is 8.07. The number of imide groups is 1. The summed E-state index contributed by atoms with van der Waals surface area (Å²) in [6, 6.07) is 0.451. The number of nitrogens with two attached hydrogens (primary N) is 1. The van der Waals surface area contributed by atoms with Gasteiger partial charge >= 0.3 is 6.03 Å². The molecule has 28 heavy (non-hydrogen) atoms. The third-order valence-corrected chi connectivity index (χ3v) is 7.59. The van der Waals surface area contributed by atoms with Gasteiger partial charge < -0.3 is 20.1 Å². The van der Waals surface area contributed by atoms with E-state index in [0.29, 0.717) is 19.8 Å². The molecule has 0 radical (unpaired) electrons. The van der Waals surface area contributed by atoms with Crippen molar-refractivity contribution in [1.82, 2.24) is 9.80 Å². The molecule has 0 spiro atoms. The number of urea groups is 1. The van der Waals surface area contributed by atoms with Crippen molar-refractivity contribution in [3.63, 3.8) is 0 Å². The highest BCUT2D eigenvalue weighted by Crippen LogP contribution is 2.37. The molecule has 162 valence electrons. The first kappa shape index (κ1) is 23.3. The Labute approximate surface area is 170 Å². The second-order valence-electron chi connectivity index (χ2n) is 9.85. The second-order valence-corrected chi connectivity index (χ2v) is 15.5. The fourth-order valence-electron chi connectivity index (χ4n) is 3.82. The molecule has 0 aromatic carbocycles. The molecule has 1 saturated heterocycles. The van der Waals surface area contributed by atoms with Gasteiger partial charge in [0, 0.05) is 33.9 Å². The van der Waals surface area contributed by atoms with Crippen molar-refractivity contribution in [2.75, 3.05) is 33.1 Å². The minimum Gasteiger partial charge on any atom is -0.379 e.